The molecule has 2 heterocycles. The van der Waals surface area contributed by atoms with E-state index in [4.69, 9.17) is 0 Å². The van der Waals surface area contributed by atoms with E-state index in [1.54, 1.807) is 0 Å². The summed E-state index contributed by atoms with van der Waals surface area (Å²) < 4.78 is 0. The number of unbranched alkanes of at least 4 members (excludes halogenated alkanes) is 1. The van der Waals surface area contributed by atoms with Gasteiger partial charge in [-0.25, -0.2) is 4.79 Å². The van der Waals surface area contributed by atoms with Crippen LogP contribution in [0.2, 0.25) is 0 Å². The average Bonchev–Trinajstić information content (AvgIpc) is 2.76. The zero-order valence-electron chi connectivity index (χ0n) is 12.9. The molecule has 114 valence electrons. The van der Waals surface area contributed by atoms with E-state index in [2.05, 4.69) is 17.6 Å². The van der Waals surface area contributed by atoms with Crippen LogP contribution in [0.4, 0.5) is 4.79 Å². The van der Waals surface area contributed by atoms with Crippen molar-refractivity contribution in [1.29, 1.82) is 0 Å². The van der Waals surface area contributed by atoms with Crippen molar-refractivity contribution >= 4 is 23.6 Å². The van der Waals surface area contributed by atoms with Gasteiger partial charge in [-0.1, -0.05) is 27.2 Å². The monoisotopic (exact) mass is 298 g/mol. The number of urea groups is 1. The summed E-state index contributed by atoms with van der Waals surface area (Å²) >= 11 is 1.94. The highest BCUT2D eigenvalue weighted by molar-refractivity contribution is 8.00. The van der Waals surface area contributed by atoms with Gasteiger partial charge in [-0.2, -0.15) is 11.8 Å². The maximum atomic E-state index is 11.9. The molecule has 0 aromatic rings. The fraction of sp³-hybridized carbons (Fsp3) is 0.867. The first kappa shape index (κ1) is 15.7. The predicted octanol–water partition coefficient (Wildman–Crippen LogP) is 2.72. The molecule has 2 aliphatic rings. The van der Waals surface area contributed by atoms with Crippen molar-refractivity contribution in [3.8, 4) is 0 Å². The molecule has 20 heavy (non-hydrogen) atoms. The summed E-state index contributed by atoms with van der Waals surface area (Å²) in [5, 5.41) is 6.54. The van der Waals surface area contributed by atoms with E-state index < -0.39 is 0 Å². The molecule has 0 unspecified atom stereocenters. The molecule has 5 heteroatoms. The molecule has 2 fully saturated rings. The molecule has 2 saturated heterocycles. The molecule has 0 aromatic carbocycles. The lowest BCUT2D eigenvalue weighted by atomic mass is 9.87. The zero-order valence-corrected chi connectivity index (χ0v) is 13.7. The number of thioether (sulfide) groups is 1. The third kappa shape index (κ3) is 3.30. The van der Waals surface area contributed by atoms with Crippen LogP contribution in [0, 0.1) is 5.41 Å². The van der Waals surface area contributed by atoms with Gasteiger partial charge in [0, 0.05) is 22.8 Å². The first-order valence-corrected chi connectivity index (χ1v) is 8.51. The highest BCUT2D eigenvalue weighted by atomic mass is 32.2. The summed E-state index contributed by atoms with van der Waals surface area (Å²) in [7, 11) is 0. The molecule has 2 N–H and O–H groups in total. The van der Waals surface area contributed by atoms with Crippen LogP contribution in [0.5, 0.6) is 0 Å². The van der Waals surface area contributed by atoms with Crippen LogP contribution in [-0.4, -0.2) is 34.4 Å². The Morgan fingerprint density at radius 1 is 1.40 bits per heavy atom. The number of Topliss-reactive ketones (excluding diaryl/α,β-unsaturated/α-hetero) is 1. The third-order valence-corrected chi connectivity index (χ3v) is 6.02. The summed E-state index contributed by atoms with van der Waals surface area (Å²) in [5.41, 5.74) is -0.308. The van der Waals surface area contributed by atoms with Gasteiger partial charge in [0.25, 0.3) is 0 Å². The Labute approximate surface area is 125 Å². The van der Waals surface area contributed by atoms with E-state index in [1.807, 2.05) is 32.5 Å². The normalized spacial score (nSPS) is 32.7. The van der Waals surface area contributed by atoms with Crippen molar-refractivity contribution in [2.45, 2.75) is 70.2 Å². The van der Waals surface area contributed by atoms with Crippen molar-refractivity contribution in [2.24, 2.45) is 5.41 Å². The van der Waals surface area contributed by atoms with E-state index in [-0.39, 0.29) is 23.0 Å². The topological polar surface area (TPSA) is 58.2 Å². The number of carbonyl (C=O) groups is 2. The largest absolute Gasteiger partial charge is 0.332 e. The van der Waals surface area contributed by atoms with Crippen molar-refractivity contribution in [2.75, 3.05) is 5.75 Å². The van der Waals surface area contributed by atoms with Crippen LogP contribution in [0.1, 0.15) is 53.4 Å². The minimum absolute atomic E-state index is 0.0364. The number of fused-ring (bicyclic) bond motifs is 1. The van der Waals surface area contributed by atoms with Gasteiger partial charge in [0.2, 0.25) is 0 Å². The van der Waals surface area contributed by atoms with E-state index in [9.17, 15) is 9.59 Å². The second-order valence-corrected chi connectivity index (χ2v) is 8.49. The second-order valence-electron chi connectivity index (χ2n) is 7.26. The van der Waals surface area contributed by atoms with Crippen molar-refractivity contribution in [1.82, 2.24) is 10.6 Å². The van der Waals surface area contributed by atoms with Gasteiger partial charge in [0.15, 0.2) is 0 Å². The Morgan fingerprint density at radius 2 is 2.10 bits per heavy atom. The Bertz CT molecular complexity index is 405. The van der Waals surface area contributed by atoms with Crippen molar-refractivity contribution in [3.05, 3.63) is 0 Å². The maximum Gasteiger partial charge on any atom is 0.315 e. The number of hydrogen-bond donors (Lipinski definition) is 2. The first-order chi connectivity index (χ1) is 9.22. The van der Waals surface area contributed by atoms with Crippen LogP contribution in [0.3, 0.4) is 0 Å². The number of nitrogens with one attached hydrogen (secondary N) is 2. The van der Waals surface area contributed by atoms with E-state index in [0.717, 1.165) is 25.0 Å². The minimum atomic E-state index is -0.218. The molecule has 0 radical (unpaired) electrons. The Kier molecular flexibility index (Phi) is 4.38. The molecule has 2 rings (SSSR count). The Hall–Kier alpha value is -0.710. The molecule has 0 aromatic heterocycles. The van der Waals surface area contributed by atoms with Gasteiger partial charge in [0.1, 0.15) is 5.78 Å². The lowest BCUT2D eigenvalue weighted by molar-refractivity contribution is -0.126. The molecular formula is C15H26N2O2S. The molecular weight excluding hydrogens is 272 g/mol. The third-order valence-electron chi connectivity index (χ3n) is 4.32. The smallest absolute Gasteiger partial charge is 0.315 e. The fourth-order valence-corrected chi connectivity index (χ4v) is 4.64. The van der Waals surface area contributed by atoms with Gasteiger partial charge >= 0.3 is 6.03 Å². The number of rotatable bonds is 5. The van der Waals surface area contributed by atoms with Gasteiger partial charge in [-0.3, -0.25) is 4.79 Å². The van der Waals surface area contributed by atoms with Gasteiger partial charge < -0.3 is 10.6 Å². The van der Waals surface area contributed by atoms with Gasteiger partial charge in [-0.05, 0) is 19.8 Å². The van der Waals surface area contributed by atoms with E-state index in [1.165, 1.54) is 0 Å². The molecule has 2 amide bonds. The van der Waals surface area contributed by atoms with Gasteiger partial charge in [0.05, 0.1) is 11.6 Å². The summed E-state index contributed by atoms with van der Waals surface area (Å²) in [4.78, 5) is 23.3. The van der Waals surface area contributed by atoms with Crippen LogP contribution in [0.25, 0.3) is 0 Å². The van der Waals surface area contributed by atoms with Crippen molar-refractivity contribution < 1.29 is 9.59 Å². The van der Waals surface area contributed by atoms with Crippen molar-refractivity contribution in [3.63, 3.8) is 0 Å². The van der Waals surface area contributed by atoms with E-state index >= 15 is 0 Å². The van der Waals surface area contributed by atoms with Gasteiger partial charge in [-0.15, -0.1) is 0 Å². The SMILES string of the molecule is CC(C)(C)C(=O)CCCC[C@@H]1SC[C@]2(C)NC(=O)N[C@H]12. The highest BCUT2D eigenvalue weighted by Gasteiger charge is 2.51. The summed E-state index contributed by atoms with van der Waals surface area (Å²) in [6, 6.07) is 0.198. The number of amides is 2. The lowest BCUT2D eigenvalue weighted by Crippen LogP contribution is -2.47. The number of carbonyl (C=O) groups excluding carboxylic acids is 2. The standard InChI is InChI=1S/C15H26N2O2S/c1-14(2,3)11(18)8-6-5-7-10-12-15(4,9-20-10)17-13(19)16-12/h10,12H,5-9H2,1-4H3,(H2,16,17,19)/t10-,12+,15-/m0/s1. The van der Waals surface area contributed by atoms with Crippen LogP contribution in [0.15, 0.2) is 0 Å². The molecule has 0 aliphatic carbocycles. The quantitative estimate of drug-likeness (QED) is 0.606. The predicted molar refractivity (Wildman–Crippen MR) is 83.0 cm³/mol. The maximum absolute atomic E-state index is 11.9. The molecule has 2 aliphatic heterocycles. The summed E-state index contributed by atoms with van der Waals surface area (Å²) in [6.07, 6.45) is 3.76. The zero-order chi connectivity index (χ0) is 15.0. The molecule has 3 atom stereocenters. The fourth-order valence-electron chi connectivity index (χ4n) is 2.94. The molecule has 0 saturated carbocycles. The average molecular weight is 298 g/mol. The van der Waals surface area contributed by atoms with E-state index in [0.29, 0.717) is 17.5 Å². The number of ketones is 1. The minimum Gasteiger partial charge on any atom is -0.332 e. The Balaban J connectivity index is 1.73. The molecule has 4 nitrogen and oxygen atoms in total. The van der Waals surface area contributed by atoms with Crippen LogP contribution < -0.4 is 10.6 Å². The Morgan fingerprint density at radius 3 is 2.75 bits per heavy atom. The molecule has 0 bridgehead atoms. The van der Waals surface area contributed by atoms with Crippen LogP contribution in [-0.2, 0) is 4.79 Å². The second kappa shape index (κ2) is 5.58. The lowest BCUT2D eigenvalue weighted by Gasteiger charge is -2.23. The highest BCUT2D eigenvalue weighted by Crippen LogP contribution is 2.39. The summed E-state index contributed by atoms with van der Waals surface area (Å²) in [5.74, 6) is 1.32. The van der Waals surface area contributed by atoms with Crippen LogP contribution >= 0.6 is 11.8 Å². The first-order valence-electron chi connectivity index (χ1n) is 7.46. The molecule has 0 spiro atoms. The number of hydrogen-bond acceptors (Lipinski definition) is 3. The summed E-state index contributed by atoms with van der Waals surface area (Å²) in [6.45, 7) is 8.06.